The first-order chi connectivity index (χ1) is 10.7. The summed E-state index contributed by atoms with van der Waals surface area (Å²) in [6.07, 6.45) is 1.16. The minimum atomic E-state index is -1.29. The molecule has 1 aliphatic heterocycles. The first-order valence-corrected chi connectivity index (χ1v) is 7.06. The highest BCUT2D eigenvalue weighted by Gasteiger charge is 2.38. The number of carbonyl (C=O) groups is 3. The highest BCUT2D eigenvalue weighted by atomic mass is 35.5. The summed E-state index contributed by atoms with van der Waals surface area (Å²) in [6, 6.07) is 4.60. The van der Waals surface area contributed by atoms with Gasteiger partial charge in [0.1, 0.15) is 0 Å². The van der Waals surface area contributed by atoms with Crippen LogP contribution in [0.5, 0.6) is 0 Å². The highest BCUT2D eigenvalue weighted by molar-refractivity contribution is 6.34. The molecule has 1 amide bonds. The third-order valence-corrected chi connectivity index (χ3v) is 3.27. The number of benzene rings is 1. The van der Waals surface area contributed by atoms with Gasteiger partial charge in [0, 0.05) is 32.8 Å². The average Bonchev–Trinajstić information content (AvgIpc) is 2.46. The van der Waals surface area contributed by atoms with Gasteiger partial charge < -0.3 is 20.1 Å². The summed E-state index contributed by atoms with van der Waals surface area (Å²) >= 11 is 5.94. The van der Waals surface area contributed by atoms with Crippen LogP contribution in [0, 0.1) is 0 Å². The standard InChI is InChI=1S/C15H15ClN2O5/c1-15(2)22-13(20)10(14(21)23-15)7-18-8-4-5-11(16)9(6-8)12(19)17-3/h4-7,18H,1-3H3,(H,17,19). The monoisotopic (exact) mass is 338 g/mol. The predicted molar refractivity (Wildman–Crippen MR) is 82.8 cm³/mol. The number of amides is 1. The molecule has 0 spiro atoms. The summed E-state index contributed by atoms with van der Waals surface area (Å²) in [5.41, 5.74) is 0.444. The smallest absolute Gasteiger partial charge is 0.350 e. The molecule has 2 rings (SSSR count). The van der Waals surface area contributed by atoms with Gasteiger partial charge in [0.15, 0.2) is 5.57 Å². The number of rotatable bonds is 3. The Morgan fingerprint density at radius 2 is 1.83 bits per heavy atom. The number of halogens is 1. The molecule has 1 fully saturated rings. The fourth-order valence-electron chi connectivity index (χ4n) is 1.86. The van der Waals surface area contributed by atoms with Crippen LogP contribution < -0.4 is 10.6 Å². The third-order valence-electron chi connectivity index (χ3n) is 2.94. The summed E-state index contributed by atoms with van der Waals surface area (Å²) in [5.74, 6) is -3.24. The molecule has 0 radical (unpaired) electrons. The van der Waals surface area contributed by atoms with Crippen molar-refractivity contribution in [2.45, 2.75) is 19.6 Å². The van der Waals surface area contributed by atoms with Crippen LogP contribution in [0.4, 0.5) is 5.69 Å². The second-order valence-electron chi connectivity index (χ2n) is 5.15. The van der Waals surface area contributed by atoms with Gasteiger partial charge in [-0.05, 0) is 18.2 Å². The molecule has 0 unspecified atom stereocenters. The lowest BCUT2D eigenvalue weighted by Crippen LogP contribution is -2.42. The number of ether oxygens (including phenoxy) is 2. The molecule has 1 aromatic carbocycles. The van der Waals surface area contributed by atoms with Crippen LogP contribution >= 0.6 is 11.6 Å². The number of nitrogens with one attached hydrogen (secondary N) is 2. The van der Waals surface area contributed by atoms with Gasteiger partial charge in [-0.2, -0.15) is 0 Å². The molecule has 0 saturated carbocycles. The topological polar surface area (TPSA) is 93.7 Å². The summed E-state index contributed by atoms with van der Waals surface area (Å²) in [5, 5.41) is 5.49. The van der Waals surface area contributed by atoms with E-state index in [4.69, 9.17) is 21.1 Å². The number of carbonyl (C=O) groups excluding carboxylic acids is 3. The Hall–Kier alpha value is -2.54. The van der Waals surface area contributed by atoms with Gasteiger partial charge in [0.2, 0.25) is 0 Å². The lowest BCUT2D eigenvalue weighted by atomic mass is 10.2. The van der Waals surface area contributed by atoms with Gasteiger partial charge in [0.25, 0.3) is 11.7 Å². The minimum Gasteiger partial charge on any atom is -0.419 e. The molecule has 2 N–H and O–H groups in total. The molecule has 1 heterocycles. The van der Waals surface area contributed by atoms with E-state index >= 15 is 0 Å². The molecule has 122 valence electrons. The van der Waals surface area contributed by atoms with Crippen molar-refractivity contribution < 1.29 is 23.9 Å². The maximum absolute atomic E-state index is 11.8. The van der Waals surface area contributed by atoms with Crippen molar-refractivity contribution in [3.63, 3.8) is 0 Å². The second-order valence-corrected chi connectivity index (χ2v) is 5.56. The third kappa shape index (κ3) is 3.81. The van der Waals surface area contributed by atoms with Crippen molar-refractivity contribution in [2.75, 3.05) is 12.4 Å². The zero-order valence-electron chi connectivity index (χ0n) is 12.7. The summed E-state index contributed by atoms with van der Waals surface area (Å²) in [6.45, 7) is 2.92. The molecule has 0 aliphatic carbocycles. The molecule has 0 bridgehead atoms. The maximum atomic E-state index is 11.8. The van der Waals surface area contributed by atoms with E-state index < -0.39 is 17.7 Å². The van der Waals surface area contributed by atoms with Crippen molar-refractivity contribution in [2.24, 2.45) is 0 Å². The van der Waals surface area contributed by atoms with Crippen LogP contribution in [-0.4, -0.2) is 30.7 Å². The average molecular weight is 339 g/mol. The number of hydrogen-bond donors (Lipinski definition) is 2. The molecule has 8 heteroatoms. The highest BCUT2D eigenvalue weighted by Crippen LogP contribution is 2.24. The van der Waals surface area contributed by atoms with E-state index in [0.717, 1.165) is 6.20 Å². The van der Waals surface area contributed by atoms with Crippen molar-refractivity contribution >= 4 is 35.1 Å². The van der Waals surface area contributed by atoms with E-state index in [1.54, 1.807) is 6.07 Å². The van der Waals surface area contributed by atoms with Crippen LogP contribution in [0.1, 0.15) is 24.2 Å². The predicted octanol–water partition coefficient (Wildman–Crippen LogP) is 1.83. The van der Waals surface area contributed by atoms with Crippen molar-refractivity contribution in [1.29, 1.82) is 0 Å². The van der Waals surface area contributed by atoms with Crippen LogP contribution in [0.15, 0.2) is 30.0 Å². The molecule has 7 nitrogen and oxygen atoms in total. The van der Waals surface area contributed by atoms with E-state index in [2.05, 4.69) is 10.6 Å². The minimum absolute atomic E-state index is 0.257. The Labute approximate surface area is 137 Å². The van der Waals surface area contributed by atoms with E-state index in [-0.39, 0.29) is 22.1 Å². The van der Waals surface area contributed by atoms with Gasteiger partial charge in [-0.25, -0.2) is 9.59 Å². The van der Waals surface area contributed by atoms with E-state index in [0.29, 0.717) is 5.69 Å². The molecule has 0 atom stereocenters. The molecule has 23 heavy (non-hydrogen) atoms. The zero-order chi connectivity index (χ0) is 17.2. The lowest BCUT2D eigenvalue weighted by molar-refractivity contribution is -0.222. The fourth-order valence-corrected chi connectivity index (χ4v) is 2.06. The van der Waals surface area contributed by atoms with Gasteiger partial charge in [-0.1, -0.05) is 11.6 Å². The summed E-state index contributed by atoms with van der Waals surface area (Å²) < 4.78 is 9.94. The Kier molecular flexibility index (Phi) is 4.60. The first-order valence-electron chi connectivity index (χ1n) is 6.68. The van der Waals surface area contributed by atoms with Crippen molar-refractivity contribution in [1.82, 2.24) is 5.32 Å². The number of anilines is 1. The Morgan fingerprint density at radius 1 is 1.22 bits per heavy atom. The van der Waals surface area contributed by atoms with Gasteiger partial charge >= 0.3 is 11.9 Å². The van der Waals surface area contributed by atoms with Gasteiger partial charge in [0.05, 0.1) is 10.6 Å². The quantitative estimate of drug-likeness (QED) is 0.496. The van der Waals surface area contributed by atoms with Crippen LogP contribution in [0.25, 0.3) is 0 Å². The molecule has 1 saturated heterocycles. The number of esters is 2. The lowest BCUT2D eigenvalue weighted by Gasteiger charge is -2.29. The number of cyclic esters (lactones) is 2. The van der Waals surface area contributed by atoms with E-state index in [1.807, 2.05) is 0 Å². The molecule has 1 aromatic rings. The van der Waals surface area contributed by atoms with Crippen molar-refractivity contribution in [3.8, 4) is 0 Å². The summed E-state index contributed by atoms with van der Waals surface area (Å²) in [4.78, 5) is 35.3. The second kappa shape index (κ2) is 6.29. The zero-order valence-corrected chi connectivity index (χ0v) is 13.5. The normalized spacial score (nSPS) is 16.3. The first kappa shape index (κ1) is 16.8. The summed E-state index contributed by atoms with van der Waals surface area (Å²) in [7, 11) is 1.48. The molecule has 0 aromatic heterocycles. The largest absolute Gasteiger partial charge is 0.419 e. The number of hydrogen-bond acceptors (Lipinski definition) is 6. The molecular weight excluding hydrogens is 324 g/mol. The SMILES string of the molecule is CNC(=O)c1cc(NC=C2C(=O)OC(C)(C)OC2=O)ccc1Cl. The van der Waals surface area contributed by atoms with E-state index in [1.165, 1.54) is 33.0 Å². The fraction of sp³-hybridized carbons (Fsp3) is 0.267. The van der Waals surface area contributed by atoms with Gasteiger partial charge in [-0.3, -0.25) is 4.79 Å². The Morgan fingerprint density at radius 3 is 2.39 bits per heavy atom. The molecular formula is C15H15ClN2O5. The maximum Gasteiger partial charge on any atom is 0.350 e. The molecule has 1 aliphatic rings. The van der Waals surface area contributed by atoms with Crippen LogP contribution in [0.2, 0.25) is 5.02 Å². The van der Waals surface area contributed by atoms with E-state index in [9.17, 15) is 14.4 Å². The Bertz CT molecular complexity index is 690. The van der Waals surface area contributed by atoms with Crippen LogP contribution in [0.3, 0.4) is 0 Å². The van der Waals surface area contributed by atoms with Crippen LogP contribution in [-0.2, 0) is 19.1 Å². The Balaban J connectivity index is 2.22. The van der Waals surface area contributed by atoms with Gasteiger partial charge in [-0.15, -0.1) is 0 Å². The van der Waals surface area contributed by atoms with Crippen molar-refractivity contribution in [3.05, 3.63) is 40.6 Å².